The Balaban J connectivity index is 2.19. The van der Waals surface area contributed by atoms with Crippen LogP contribution in [0.15, 0.2) is 30.5 Å². The molecule has 94 valence electrons. The van der Waals surface area contributed by atoms with Crippen molar-refractivity contribution in [3.63, 3.8) is 0 Å². The average Bonchev–Trinajstić information content (AvgIpc) is 2.72. The number of ketones is 1. The van der Waals surface area contributed by atoms with Crippen molar-refractivity contribution in [2.45, 2.75) is 27.0 Å². The lowest BCUT2D eigenvalue weighted by Crippen LogP contribution is -2.00. The predicted octanol–water partition coefficient (Wildman–Crippen LogP) is 1.93. The standard InChI is InChI=1S/C14H16N2O2/c1-10(18)14-8-16(11(2)15-14)7-12-3-5-13(9-17)6-4-12/h3-6,8,17H,7,9H2,1-2H3. The van der Waals surface area contributed by atoms with Crippen molar-refractivity contribution in [2.24, 2.45) is 0 Å². The molecule has 1 heterocycles. The van der Waals surface area contributed by atoms with E-state index in [1.54, 1.807) is 6.20 Å². The molecule has 0 unspecified atom stereocenters. The molecule has 0 aliphatic carbocycles. The van der Waals surface area contributed by atoms with E-state index in [9.17, 15) is 4.79 Å². The second-order valence-corrected chi connectivity index (χ2v) is 4.33. The van der Waals surface area contributed by atoms with E-state index in [1.165, 1.54) is 6.92 Å². The molecule has 0 amide bonds. The van der Waals surface area contributed by atoms with Gasteiger partial charge in [0.1, 0.15) is 11.5 Å². The first-order valence-electron chi connectivity index (χ1n) is 5.83. The van der Waals surface area contributed by atoms with Crippen LogP contribution in [0.4, 0.5) is 0 Å². The fourth-order valence-electron chi connectivity index (χ4n) is 1.78. The maximum atomic E-state index is 11.2. The quantitative estimate of drug-likeness (QED) is 0.836. The molecule has 2 aromatic rings. The highest BCUT2D eigenvalue weighted by Gasteiger charge is 2.08. The maximum absolute atomic E-state index is 11.2. The molecule has 4 nitrogen and oxygen atoms in total. The number of aliphatic hydroxyl groups is 1. The number of carbonyl (C=O) groups is 1. The zero-order chi connectivity index (χ0) is 13.1. The number of imidazole rings is 1. The number of aliphatic hydroxyl groups excluding tert-OH is 1. The van der Waals surface area contributed by atoms with E-state index in [1.807, 2.05) is 35.8 Å². The highest BCUT2D eigenvalue weighted by molar-refractivity contribution is 5.91. The van der Waals surface area contributed by atoms with Crippen LogP contribution in [0.3, 0.4) is 0 Å². The molecule has 0 saturated carbocycles. The minimum atomic E-state index is -0.0209. The van der Waals surface area contributed by atoms with Crippen molar-refractivity contribution in [1.29, 1.82) is 0 Å². The highest BCUT2D eigenvalue weighted by Crippen LogP contribution is 2.10. The minimum Gasteiger partial charge on any atom is -0.392 e. The fraction of sp³-hybridized carbons (Fsp3) is 0.286. The van der Waals surface area contributed by atoms with Crippen molar-refractivity contribution in [3.05, 3.63) is 53.1 Å². The number of nitrogens with zero attached hydrogens (tertiary/aromatic N) is 2. The van der Waals surface area contributed by atoms with Crippen LogP contribution in [0.1, 0.15) is 34.4 Å². The maximum Gasteiger partial charge on any atom is 0.179 e. The van der Waals surface area contributed by atoms with E-state index in [4.69, 9.17) is 5.11 Å². The molecular formula is C14H16N2O2. The summed E-state index contributed by atoms with van der Waals surface area (Å²) in [6.45, 7) is 4.13. The molecule has 0 bridgehead atoms. The molecule has 1 N–H and O–H groups in total. The van der Waals surface area contributed by atoms with E-state index in [0.29, 0.717) is 12.2 Å². The lowest BCUT2D eigenvalue weighted by Gasteiger charge is -2.05. The molecule has 0 fully saturated rings. The molecular weight excluding hydrogens is 228 g/mol. The second-order valence-electron chi connectivity index (χ2n) is 4.33. The normalized spacial score (nSPS) is 10.6. The molecule has 18 heavy (non-hydrogen) atoms. The highest BCUT2D eigenvalue weighted by atomic mass is 16.3. The van der Waals surface area contributed by atoms with Crippen molar-refractivity contribution in [3.8, 4) is 0 Å². The summed E-state index contributed by atoms with van der Waals surface area (Å²) >= 11 is 0. The summed E-state index contributed by atoms with van der Waals surface area (Å²) in [5.74, 6) is 0.805. The monoisotopic (exact) mass is 244 g/mol. The molecule has 2 rings (SSSR count). The minimum absolute atomic E-state index is 0.0209. The van der Waals surface area contributed by atoms with Crippen LogP contribution in [0.5, 0.6) is 0 Å². The topological polar surface area (TPSA) is 55.1 Å². The number of aryl methyl sites for hydroxylation is 1. The third kappa shape index (κ3) is 2.65. The van der Waals surface area contributed by atoms with Crippen molar-refractivity contribution >= 4 is 5.78 Å². The third-order valence-corrected chi connectivity index (χ3v) is 2.90. The van der Waals surface area contributed by atoms with Gasteiger partial charge in [0.2, 0.25) is 0 Å². The van der Waals surface area contributed by atoms with Gasteiger partial charge in [0.05, 0.1) is 6.61 Å². The largest absolute Gasteiger partial charge is 0.392 e. The van der Waals surface area contributed by atoms with Gasteiger partial charge in [0.25, 0.3) is 0 Å². The number of carbonyl (C=O) groups excluding carboxylic acids is 1. The molecule has 4 heteroatoms. The Morgan fingerprint density at radius 3 is 2.39 bits per heavy atom. The van der Waals surface area contributed by atoms with E-state index in [-0.39, 0.29) is 12.4 Å². The molecule has 0 saturated heterocycles. The Hall–Kier alpha value is -1.94. The Bertz CT molecular complexity index is 556. The Kier molecular flexibility index (Phi) is 3.58. The van der Waals surface area contributed by atoms with Crippen LogP contribution in [-0.2, 0) is 13.2 Å². The zero-order valence-electron chi connectivity index (χ0n) is 10.6. The third-order valence-electron chi connectivity index (χ3n) is 2.90. The first-order valence-corrected chi connectivity index (χ1v) is 5.83. The van der Waals surface area contributed by atoms with Gasteiger partial charge in [-0.1, -0.05) is 24.3 Å². The van der Waals surface area contributed by atoms with E-state index in [0.717, 1.165) is 17.0 Å². The van der Waals surface area contributed by atoms with Gasteiger partial charge in [-0.15, -0.1) is 0 Å². The first kappa shape index (κ1) is 12.5. The number of rotatable bonds is 4. The van der Waals surface area contributed by atoms with Crippen molar-refractivity contribution < 1.29 is 9.90 Å². The molecule has 0 spiro atoms. The lowest BCUT2D eigenvalue weighted by molar-refractivity contribution is 0.101. The Labute approximate surface area is 106 Å². The van der Waals surface area contributed by atoms with Crippen LogP contribution in [-0.4, -0.2) is 20.4 Å². The Morgan fingerprint density at radius 1 is 1.28 bits per heavy atom. The summed E-state index contributed by atoms with van der Waals surface area (Å²) in [4.78, 5) is 15.5. The number of benzene rings is 1. The fourth-order valence-corrected chi connectivity index (χ4v) is 1.78. The van der Waals surface area contributed by atoms with Crippen molar-refractivity contribution in [1.82, 2.24) is 9.55 Å². The SMILES string of the molecule is CC(=O)c1cn(Cc2ccc(CO)cc2)c(C)n1. The van der Waals surface area contributed by atoms with Gasteiger partial charge < -0.3 is 9.67 Å². The smallest absolute Gasteiger partial charge is 0.179 e. The first-order chi connectivity index (χ1) is 8.60. The summed E-state index contributed by atoms with van der Waals surface area (Å²) in [6.07, 6.45) is 1.78. The predicted molar refractivity (Wildman–Crippen MR) is 68.4 cm³/mol. The Morgan fingerprint density at radius 2 is 1.89 bits per heavy atom. The molecule has 0 aliphatic heterocycles. The van der Waals surface area contributed by atoms with Gasteiger partial charge in [-0.2, -0.15) is 0 Å². The molecule has 1 aromatic carbocycles. The molecule has 1 aromatic heterocycles. The van der Waals surface area contributed by atoms with Crippen LogP contribution < -0.4 is 0 Å². The van der Waals surface area contributed by atoms with Gasteiger partial charge >= 0.3 is 0 Å². The summed E-state index contributed by atoms with van der Waals surface area (Å²) in [6, 6.07) is 7.73. The van der Waals surface area contributed by atoms with E-state index < -0.39 is 0 Å². The number of hydrogen-bond donors (Lipinski definition) is 1. The molecule has 0 aliphatic rings. The number of aromatic nitrogens is 2. The summed E-state index contributed by atoms with van der Waals surface area (Å²) in [7, 11) is 0. The van der Waals surface area contributed by atoms with E-state index >= 15 is 0 Å². The van der Waals surface area contributed by atoms with Gasteiger partial charge in [0, 0.05) is 19.7 Å². The van der Waals surface area contributed by atoms with Gasteiger partial charge in [-0.3, -0.25) is 4.79 Å². The second kappa shape index (κ2) is 5.14. The number of hydrogen-bond acceptors (Lipinski definition) is 3. The van der Waals surface area contributed by atoms with Crippen LogP contribution in [0.25, 0.3) is 0 Å². The van der Waals surface area contributed by atoms with Gasteiger partial charge in [-0.05, 0) is 18.1 Å². The average molecular weight is 244 g/mol. The van der Waals surface area contributed by atoms with Crippen LogP contribution in [0, 0.1) is 6.92 Å². The number of Topliss-reactive ketones (excluding diaryl/α,β-unsaturated/α-hetero) is 1. The van der Waals surface area contributed by atoms with Gasteiger partial charge in [-0.25, -0.2) is 4.98 Å². The summed E-state index contributed by atoms with van der Waals surface area (Å²) in [5, 5.41) is 8.97. The van der Waals surface area contributed by atoms with Crippen molar-refractivity contribution in [2.75, 3.05) is 0 Å². The van der Waals surface area contributed by atoms with E-state index in [2.05, 4.69) is 4.98 Å². The summed E-state index contributed by atoms with van der Waals surface area (Å²) < 4.78 is 1.95. The summed E-state index contributed by atoms with van der Waals surface area (Å²) in [5.41, 5.74) is 2.51. The molecule has 0 atom stereocenters. The zero-order valence-corrected chi connectivity index (χ0v) is 10.6. The lowest BCUT2D eigenvalue weighted by atomic mass is 10.1. The molecule has 0 radical (unpaired) electrons. The van der Waals surface area contributed by atoms with Gasteiger partial charge in [0.15, 0.2) is 5.78 Å². The van der Waals surface area contributed by atoms with Crippen LogP contribution >= 0.6 is 0 Å². The van der Waals surface area contributed by atoms with Crippen LogP contribution in [0.2, 0.25) is 0 Å².